The average molecular weight is 212 g/mol. The van der Waals surface area contributed by atoms with E-state index < -0.39 is 11.7 Å². The Morgan fingerprint density at radius 2 is 1.93 bits per heavy atom. The van der Waals surface area contributed by atoms with Gasteiger partial charge in [0.05, 0.1) is 11.8 Å². The van der Waals surface area contributed by atoms with Crippen LogP contribution in [0.15, 0.2) is 41.5 Å². The van der Waals surface area contributed by atoms with Gasteiger partial charge in [-0.3, -0.25) is 0 Å². The Labute approximate surface area is 83.8 Å². The highest BCUT2D eigenvalue weighted by molar-refractivity contribution is 5.82. The molecule has 4 heteroatoms. The first-order chi connectivity index (χ1) is 6.98. The molecule has 78 valence electrons. The number of hydrogen-bond acceptors (Lipinski definition) is 1. The van der Waals surface area contributed by atoms with Gasteiger partial charge in [-0.2, -0.15) is 13.2 Å². The Bertz CT molecular complexity index is 508. The third kappa shape index (κ3) is 1.75. The van der Waals surface area contributed by atoms with Crippen LogP contribution in [0.25, 0.3) is 16.5 Å². The van der Waals surface area contributed by atoms with Crippen molar-refractivity contribution in [3.8, 4) is 0 Å². The number of halogens is 3. The predicted octanol–water partition coefficient (Wildman–Crippen LogP) is 4.01. The molecule has 0 saturated heterocycles. The molecule has 15 heavy (non-hydrogen) atoms. The van der Waals surface area contributed by atoms with Crippen molar-refractivity contribution in [1.29, 1.82) is 0 Å². The van der Waals surface area contributed by atoms with Crippen molar-refractivity contribution < 1.29 is 17.6 Å². The van der Waals surface area contributed by atoms with Gasteiger partial charge in [0.2, 0.25) is 0 Å². The molecule has 2 rings (SSSR count). The zero-order valence-electron chi connectivity index (χ0n) is 7.64. The normalized spacial score (nSPS) is 11.9. The highest BCUT2D eigenvalue weighted by Crippen LogP contribution is 2.33. The van der Waals surface area contributed by atoms with E-state index in [4.69, 9.17) is 4.42 Å². The maximum Gasteiger partial charge on any atom is 0.416 e. The molecule has 1 aromatic carbocycles. The molecule has 0 fully saturated rings. The van der Waals surface area contributed by atoms with Crippen LogP contribution in [0, 0.1) is 0 Å². The van der Waals surface area contributed by atoms with E-state index in [0.717, 1.165) is 5.39 Å². The van der Waals surface area contributed by atoms with Gasteiger partial charge in [-0.05, 0) is 17.7 Å². The van der Waals surface area contributed by atoms with Gasteiger partial charge in [0.1, 0.15) is 5.58 Å². The first-order valence-electron chi connectivity index (χ1n) is 4.22. The second-order valence-corrected chi connectivity index (χ2v) is 3.15. The molecular formula is C11H7F3O. The minimum atomic E-state index is -4.40. The number of fused-ring (bicyclic) bond motifs is 1. The molecular weight excluding hydrogens is 205 g/mol. The Kier molecular flexibility index (Phi) is 2.07. The van der Waals surface area contributed by atoms with Crippen molar-refractivity contribution in [3.63, 3.8) is 0 Å². The third-order valence-electron chi connectivity index (χ3n) is 2.15. The molecule has 2 aromatic rings. The van der Waals surface area contributed by atoms with Crippen molar-refractivity contribution in [2.45, 2.75) is 6.18 Å². The smallest absolute Gasteiger partial charge is 0.416 e. The standard InChI is InChI=1S/C11H7F3O/c1-7(11(12,13)14)9-3-2-8-4-5-15-10(8)6-9/h2-6H,1H2. The molecule has 0 aliphatic carbocycles. The van der Waals surface area contributed by atoms with Crippen LogP contribution in [-0.4, -0.2) is 6.18 Å². The molecule has 0 aliphatic rings. The largest absolute Gasteiger partial charge is 0.464 e. The van der Waals surface area contributed by atoms with Gasteiger partial charge in [0.15, 0.2) is 0 Å². The summed E-state index contributed by atoms with van der Waals surface area (Å²) in [5.74, 6) is 0. The fourth-order valence-corrected chi connectivity index (χ4v) is 1.31. The number of hydrogen-bond donors (Lipinski definition) is 0. The number of alkyl halides is 3. The summed E-state index contributed by atoms with van der Waals surface area (Å²) >= 11 is 0. The van der Waals surface area contributed by atoms with Crippen LogP contribution in [0.5, 0.6) is 0 Å². The van der Waals surface area contributed by atoms with E-state index in [-0.39, 0.29) is 5.56 Å². The molecule has 0 atom stereocenters. The molecule has 0 aliphatic heterocycles. The van der Waals surface area contributed by atoms with Gasteiger partial charge >= 0.3 is 6.18 Å². The highest BCUT2D eigenvalue weighted by Gasteiger charge is 2.32. The van der Waals surface area contributed by atoms with E-state index in [0.29, 0.717) is 5.58 Å². The van der Waals surface area contributed by atoms with Crippen molar-refractivity contribution >= 4 is 16.5 Å². The summed E-state index contributed by atoms with van der Waals surface area (Å²) in [5, 5.41) is 0.772. The molecule has 0 amide bonds. The topological polar surface area (TPSA) is 13.1 Å². The van der Waals surface area contributed by atoms with Crippen LogP contribution in [0.4, 0.5) is 13.2 Å². The van der Waals surface area contributed by atoms with E-state index in [9.17, 15) is 13.2 Å². The first kappa shape index (κ1) is 9.83. The molecule has 1 nitrogen and oxygen atoms in total. The Hall–Kier alpha value is -1.71. The second-order valence-electron chi connectivity index (χ2n) is 3.15. The lowest BCUT2D eigenvalue weighted by Gasteiger charge is -2.09. The molecule has 0 N–H and O–H groups in total. The molecule has 0 saturated carbocycles. The van der Waals surface area contributed by atoms with E-state index in [1.807, 2.05) is 0 Å². The summed E-state index contributed by atoms with van der Waals surface area (Å²) in [7, 11) is 0. The van der Waals surface area contributed by atoms with Crippen LogP contribution >= 0.6 is 0 Å². The van der Waals surface area contributed by atoms with Gasteiger partial charge in [0, 0.05) is 5.39 Å². The quantitative estimate of drug-likeness (QED) is 0.696. The summed E-state index contributed by atoms with van der Waals surface area (Å²) in [6.45, 7) is 3.02. The van der Waals surface area contributed by atoms with E-state index in [1.165, 1.54) is 18.4 Å². The van der Waals surface area contributed by atoms with Gasteiger partial charge in [-0.15, -0.1) is 0 Å². The summed E-state index contributed by atoms with van der Waals surface area (Å²) in [6.07, 6.45) is -2.97. The lowest BCUT2D eigenvalue weighted by Crippen LogP contribution is -2.09. The Morgan fingerprint density at radius 1 is 1.20 bits per heavy atom. The predicted molar refractivity (Wildman–Crippen MR) is 51.3 cm³/mol. The highest BCUT2D eigenvalue weighted by atomic mass is 19.4. The van der Waals surface area contributed by atoms with Gasteiger partial charge in [0.25, 0.3) is 0 Å². The zero-order valence-corrected chi connectivity index (χ0v) is 7.64. The first-order valence-corrected chi connectivity index (χ1v) is 4.22. The van der Waals surface area contributed by atoms with E-state index in [2.05, 4.69) is 6.58 Å². The Balaban J connectivity index is 2.49. The number of rotatable bonds is 1. The van der Waals surface area contributed by atoms with Crippen molar-refractivity contribution in [1.82, 2.24) is 0 Å². The number of benzene rings is 1. The molecule has 0 radical (unpaired) electrons. The fourth-order valence-electron chi connectivity index (χ4n) is 1.31. The van der Waals surface area contributed by atoms with Gasteiger partial charge < -0.3 is 4.42 Å². The molecule has 0 unspecified atom stereocenters. The van der Waals surface area contributed by atoms with Gasteiger partial charge in [-0.25, -0.2) is 0 Å². The average Bonchev–Trinajstić information content (AvgIpc) is 2.61. The van der Waals surface area contributed by atoms with Crippen LogP contribution < -0.4 is 0 Å². The molecule has 1 heterocycles. The third-order valence-corrected chi connectivity index (χ3v) is 2.15. The maximum atomic E-state index is 12.3. The van der Waals surface area contributed by atoms with Crippen LogP contribution in [-0.2, 0) is 0 Å². The van der Waals surface area contributed by atoms with E-state index in [1.54, 1.807) is 12.1 Å². The summed E-state index contributed by atoms with van der Waals surface area (Å²) < 4.78 is 42.0. The molecule has 0 spiro atoms. The lowest BCUT2D eigenvalue weighted by atomic mass is 10.1. The van der Waals surface area contributed by atoms with Crippen LogP contribution in [0.3, 0.4) is 0 Å². The monoisotopic (exact) mass is 212 g/mol. The van der Waals surface area contributed by atoms with Crippen LogP contribution in [0.1, 0.15) is 5.56 Å². The lowest BCUT2D eigenvalue weighted by molar-refractivity contribution is -0.0686. The summed E-state index contributed by atoms with van der Waals surface area (Å²) in [5.41, 5.74) is -0.399. The second kappa shape index (κ2) is 3.15. The number of furan rings is 1. The molecule has 1 aromatic heterocycles. The minimum absolute atomic E-state index is 0.0324. The summed E-state index contributed by atoms with van der Waals surface area (Å²) in [6, 6.07) is 5.99. The summed E-state index contributed by atoms with van der Waals surface area (Å²) in [4.78, 5) is 0. The fraction of sp³-hybridized carbons (Fsp3) is 0.0909. The maximum absolute atomic E-state index is 12.3. The molecule has 0 bridgehead atoms. The minimum Gasteiger partial charge on any atom is -0.464 e. The van der Waals surface area contributed by atoms with Crippen molar-refractivity contribution in [2.24, 2.45) is 0 Å². The Morgan fingerprint density at radius 3 is 2.60 bits per heavy atom. The van der Waals surface area contributed by atoms with Crippen molar-refractivity contribution in [2.75, 3.05) is 0 Å². The van der Waals surface area contributed by atoms with Gasteiger partial charge in [-0.1, -0.05) is 18.7 Å². The van der Waals surface area contributed by atoms with Crippen molar-refractivity contribution in [3.05, 3.63) is 42.7 Å². The SMILES string of the molecule is C=C(c1ccc2ccoc2c1)C(F)(F)F. The number of allylic oxidation sites excluding steroid dienone is 1. The van der Waals surface area contributed by atoms with E-state index >= 15 is 0 Å². The zero-order chi connectivity index (χ0) is 11.1. The van der Waals surface area contributed by atoms with Crippen LogP contribution in [0.2, 0.25) is 0 Å².